The highest BCUT2D eigenvalue weighted by molar-refractivity contribution is 7.99. The maximum Gasteiger partial charge on any atom is 0.231 e. The van der Waals surface area contributed by atoms with Gasteiger partial charge in [0.1, 0.15) is 11.0 Å². The Bertz CT molecular complexity index is 1070. The van der Waals surface area contributed by atoms with Crippen LogP contribution in [0.2, 0.25) is 5.15 Å². The van der Waals surface area contributed by atoms with Crippen LogP contribution in [0.15, 0.2) is 59.8 Å². The van der Waals surface area contributed by atoms with Crippen LogP contribution in [0.4, 0.5) is 5.82 Å². The van der Waals surface area contributed by atoms with Crippen LogP contribution in [0.5, 0.6) is 11.5 Å². The Morgan fingerprint density at radius 1 is 1.10 bits per heavy atom. The third-order valence-corrected chi connectivity index (χ3v) is 5.61. The van der Waals surface area contributed by atoms with Gasteiger partial charge in [-0.15, -0.1) is 0 Å². The first-order valence-electron chi connectivity index (χ1n) is 9.64. The van der Waals surface area contributed by atoms with Crippen LogP contribution in [0.3, 0.4) is 0 Å². The van der Waals surface area contributed by atoms with Crippen molar-refractivity contribution < 1.29 is 14.3 Å². The number of benzene rings is 2. The van der Waals surface area contributed by atoms with E-state index in [1.54, 1.807) is 6.07 Å². The summed E-state index contributed by atoms with van der Waals surface area (Å²) in [6.07, 6.45) is 0. The zero-order valence-corrected chi connectivity index (χ0v) is 18.4. The van der Waals surface area contributed by atoms with Crippen LogP contribution in [0.25, 0.3) is 0 Å². The molecule has 2 aromatic carbocycles. The fraction of sp³-hybridized carbons (Fsp3) is 0.227. The highest BCUT2D eigenvalue weighted by Gasteiger charge is 2.14. The van der Waals surface area contributed by atoms with Gasteiger partial charge in [-0.05, 0) is 23.3 Å². The number of amides is 1. The molecule has 0 aliphatic carbocycles. The number of ether oxygens (including phenoxy) is 2. The molecule has 1 aliphatic heterocycles. The van der Waals surface area contributed by atoms with Gasteiger partial charge in [0.05, 0.1) is 5.75 Å². The number of rotatable bonds is 8. The molecule has 0 saturated heterocycles. The van der Waals surface area contributed by atoms with Gasteiger partial charge in [-0.3, -0.25) is 4.79 Å². The van der Waals surface area contributed by atoms with E-state index in [1.165, 1.54) is 11.8 Å². The number of hydrogen-bond acceptors (Lipinski definition) is 7. The summed E-state index contributed by atoms with van der Waals surface area (Å²) in [5, 5.41) is 3.69. The molecule has 1 amide bonds. The molecule has 1 aliphatic rings. The highest BCUT2D eigenvalue weighted by Crippen LogP contribution is 2.32. The molecular formula is C22H21ClN4O3S. The van der Waals surface area contributed by atoms with Crippen molar-refractivity contribution in [3.8, 4) is 11.5 Å². The number of nitrogens with one attached hydrogen (secondary N) is 1. The average Bonchev–Trinajstić information content (AvgIpc) is 3.24. The Labute approximate surface area is 189 Å². The minimum atomic E-state index is -0.120. The fourth-order valence-electron chi connectivity index (χ4n) is 3.02. The Morgan fingerprint density at radius 3 is 2.74 bits per heavy atom. The Hall–Kier alpha value is -2.97. The van der Waals surface area contributed by atoms with E-state index >= 15 is 0 Å². The predicted molar refractivity (Wildman–Crippen MR) is 121 cm³/mol. The summed E-state index contributed by atoms with van der Waals surface area (Å²) in [5.41, 5.74) is 2.10. The minimum Gasteiger partial charge on any atom is -0.454 e. The first-order valence-corrected chi connectivity index (χ1v) is 11.0. The summed E-state index contributed by atoms with van der Waals surface area (Å²) in [6.45, 7) is 1.32. The number of thioether (sulfide) groups is 1. The third-order valence-electron chi connectivity index (χ3n) is 4.57. The van der Waals surface area contributed by atoms with E-state index in [9.17, 15) is 4.79 Å². The lowest BCUT2D eigenvalue weighted by atomic mass is 10.2. The van der Waals surface area contributed by atoms with Crippen molar-refractivity contribution in [1.82, 2.24) is 15.3 Å². The minimum absolute atomic E-state index is 0.120. The van der Waals surface area contributed by atoms with Gasteiger partial charge in [-0.1, -0.05) is 59.8 Å². The van der Waals surface area contributed by atoms with E-state index in [4.69, 9.17) is 21.1 Å². The molecule has 0 radical (unpaired) electrons. The number of carbonyl (C=O) groups is 1. The van der Waals surface area contributed by atoms with Gasteiger partial charge in [0, 0.05) is 26.2 Å². The number of anilines is 1. The number of nitrogens with zero attached hydrogens (tertiary/aromatic N) is 3. The first-order chi connectivity index (χ1) is 15.1. The van der Waals surface area contributed by atoms with Gasteiger partial charge in [0.2, 0.25) is 12.7 Å². The predicted octanol–water partition coefficient (Wildman–Crippen LogP) is 3.90. The lowest BCUT2D eigenvalue weighted by Gasteiger charge is -2.19. The van der Waals surface area contributed by atoms with Gasteiger partial charge < -0.3 is 19.7 Å². The second-order valence-electron chi connectivity index (χ2n) is 6.93. The lowest BCUT2D eigenvalue weighted by Crippen LogP contribution is -2.24. The topological polar surface area (TPSA) is 76.6 Å². The molecule has 0 fully saturated rings. The monoisotopic (exact) mass is 456 g/mol. The molecule has 9 heteroatoms. The molecule has 0 spiro atoms. The van der Waals surface area contributed by atoms with Gasteiger partial charge in [0.15, 0.2) is 16.7 Å². The van der Waals surface area contributed by atoms with E-state index in [-0.39, 0.29) is 18.5 Å². The molecule has 0 bridgehead atoms. The van der Waals surface area contributed by atoms with Crippen molar-refractivity contribution in [3.63, 3.8) is 0 Å². The SMILES string of the molecule is CN(Cc1ccccc1)c1cc(Cl)nc(SCC(=O)NCc2ccc3c(c2)OCO3)n1. The van der Waals surface area contributed by atoms with Crippen molar-refractivity contribution in [3.05, 3.63) is 70.9 Å². The Morgan fingerprint density at radius 2 is 1.90 bits per heavy atom. The maximum absolute atomic E-state index is 12.3. The van der Waals surface area contributed by atoms with Crippen molar-refractivity contribution >= 4 is 35.1 Å². The molecular weight excluding hydrogens is 436 g/mol. The molecule has 4 rings (SSSR count). The molecule has 160 valence electrons. The summed E-state index contributed by atoms with van der Waals surface area (Å²) in [4.78, 5) is 23.0. The molecule has 2 heterocycles. The number of carbonyl (C=O) groups excluding carboxylic acids is 1. The van der Waals surface area contributed by atoms with Gasteiger partial charge in [-0.2, -0.15) is 0 Å². The quantitative estimate of drug-likeness (QED) is 0.313. The van der Waals surface area contributed by atoms with Gasteiger partial charge in [-0.25, -0.2) is 9.97 Å². The summed E-state index contributed by atoms with van der Waals surface area (Å²) in [6, 6.07) is 17.4. The number of aromatic nitrogens is 2. The maximum atomic E-state index is 12.3. The summed E-state index contributed by atoms with van der Waals surface area (Å²) in [5.74, 6) is 2.18. The van der Waals surface area contributed by atoms with Crippen LogP contribution in [0, 0.1) is 0 Å². The van der Waals surface area contributed by atoms with Crippen molar-refractivity contribution in [2.75, 3.05) is 24.5 Å². The smallest absolute Gasteiger partial charge is 0.231 e. The second-order valence-corrected chi connectivity index (χ2v) is 8.26. The standard InChI is InChI=1S/C22H21ClN4O3S/c1-27(12-15-5-3-2-4-6-15)20-10-19(23)25-22(26-20)31-13-21(28)24-11-16-7-8-17-18(9-16)30-14-29-17/h2-10H,11-14H2,1H3,(H,24,28). The van der Waals surface area contributed by atoms with Crippen molar-refractivity contribution in [2.45, 2.75) is 18.2 Å². The van der Waals surface area contributed by atoms with E-state index in [0.717, 1.165) is 16.9 Å². The lowest BCUT2D eigenvalue weighted by molar-refractivity contribution is -0.118. The zero-order chi connectivity index (χ0) is 21.6. The molecule has 7 nitrogen and oxygen atoms in total. The zero-order valence-electron chi connectivity index (χ0n) is 16.9. The first kappa shape index (κ1) is 21.3. The number of hydrogen-bond donors (Lipinski definition) is 1. The number of halogens is 1. The molecule has 0 saturated carbocycles. The van der Waals surface area contributed by atoms with Crippen LogP contribution < -0.4 is 19.7 Å². The van der Waals surface area contributed by atoms with E-state index in [2.05, 4.69) is 27.4 Å². The van der Waals surface area contributed by atoms with E-state index < -0.39 is 0 Å². The van der Waals surface area contributed by atoms with E-state index in [0.29, 0.717) is 35.0 Å². The molecule has 1 aromatic heterocycles. The Kier molecular flexibility index (Phi) is 6.79. The van der Waals surface area contributed by atoms with Crippen LogP contribution in [-0.4, -0.2) is 35.5 Å². The largest absolute Gasteiger partial charge is 0.454 e. The second kappa shape index (κ2) is 9.89. The van der Waals surface area contributed by atoms with Crippen LogP contribution >= 0.6 is 23.4 Å². The van der Waals surface area contributed by atoms with Crippen molar-refractivity contribution in [2.24, 2.45) is 0 Å². The molecule has 1 N–H and O–H groups in total. The molecule has 0 unspecified atom stereocenters. The number of fused-ring (bicyclic) bond motifs is 1. The van der Waals surface area contributed by atoms with Gasteiger partial charge >= 0.3 is 0 Å². The molecule has 3 aromatic rings. The third kappa shape index (κ3) is 5.80. The molecule has 0 atom stereocenters. The van der Waals surface area contributed by atoms with Crippen LogP contribution in [-0.2, 0) is 17.9 Å². The average molecular weight is 457 g/mol. The van der Waals surface area contributed by atoms with Crippen LogP contribution in [0.1, 0.15) is 11.1 Å². The summed E-state index contributed by atoms with van der Waals surface area (Å²) >= 11 is 7.43. The van der Waals surface area contributed by atoms with Crippen molar-refractivity contribution in [1.29, 1.82) is 0 Å². The molecule has 31 heavy (non-hydrogen) atoms. The van der Waals surface area contributed by atoms with Gasteiger partial charge in [0.25, 0.3) is 0 Å². The summed E-state index contributed by atoms with van der Waals surface area (Å²) in [7, 11) is 1.94. The summed E-state index contributed by atoms with van der Waals surface area (Å²) < 4.78 is 10.7. The van der Waals surface area contributed by atoms with E-state index in [1.807, 2.05) is 48.3 Å². The normalized spacial score (nSPS) is 11.9. The highest BCUT2D eigenvalue weighted by atomic mass is 35.5. The fourth-order valence-corrected chi connectivity index (χ4v) is 3.93. The Balaban J connectivity index is 1.31.